The Kier molecular flexibility index (Phi) is 4.76. The molecule has 1 aliphatic rings. The number of aliphatic hydroxyl groups is 1. The molecular formula is C18H24N4O. The molecule has 2 atom stereocenters. The maximum atomic E-state index is 9.85. The number of aromatic nitrogens is 2. The molecule has 1 N–H and O–H groups in total. The van der Waals surface area contributed by atoms with Gasteiger partial charge < -0.3 is 14.9 Å². The largest absolute Gasteiger partial charge is 0.396 e. The van der Waals surface area contributed by atoms with Gasteiger partial charge in [-0.25, -0.2) is 4.98 Å². The van der Waals surface area contributed by atoms with E-state index in [1.54, 1.807) is 6.20 Å². The fraction of sp³-hybridized carbons (Fsp3) is 0.444. The molecule has 122 valence electrons. The molecule has 0 saturated carbocycles. The summed E-state index contributed by atoms with van der Waals surface area (Å²) >= 11 is 0. The van der Waals surface area contributed by atoms with Crippen molar-refractivity contribution in [3.05, 3.63) is 48.2 Å². The van der Waals surface area contributed by atoms with Crippen molar-refractivity contribution >= 4 is 11.8 Å². The molecule has 5 nitrogen and oxygen atoms in total. The maximum Gasteiger partial charge on any atom is 0.227 e. The molecule has 0 amide bonds. The van der Waals surface area contributed by atoms with Crippen molar-refractivity contribution in [3.63, 3.8) is 0 Å². The SMILES string of the molecule is CN(C)c1ccnc(N2CC[C@@H](c3ccccc3)[C@@H](CO)C2)n1. The molecule has 2 aromatic rings. The van der Waals surface area contributed by atoms with E-state index in [0.717, 1.165) is 31.3 Å². The van der Waals surface area contributed by atoms with Crippen LogP contribution in [0.2, 0.25) is 0 Å². The molecule has 0 bridgehead atoms. The maximum absolute atomic E-state index is 9.85. The van der Waals surface area contributed by atoms with Gasteiger partial charge in [0, 0.05) is 45.9 Å². The molecule has 23 heavy (non-hydrogen) atoms. The van der Waals surface area contributed by atoms with E-state index < -0.39 is 0 Å². The van der Waals surface area contributed by atoms with E-state index in [1.807, 2.05) is 31.1 Å². The van der Waals surface area contributed by atoms with E-state index in [2.05, 4.69) is 39.1 Å². The molecule has 2 heterocycles. The minimum atomic E-state index is 0.184. The van der Waals surface area contributed by atoms with Gasteiger partial charge in [0.05, 0.1) is 0 Å². The van der Waals surface area contributed by atoms with Gasteiger partial charge >= 0.3 is 0 Å². The number of piperidine rings is 1. The number of benzene rings is 1. The molecule has 1 saturated heterocycles. The highest BCUT2D eigenvalue weighted by molar-refractivity contribution is 5.43. The molecular weight excluding hydrogens is 288 g/mol. The fourth-order valence-electron chi connectivity index (χ4n) is 3.28. The Morgan fingerprint density at radius 3 is 2.70 bits per heavy atom. The van der Waals surface area contributed by atoms with Crippen LogP contribution >= 0.6 is 0 Å². The van der Waals surface area contributed by atoms with Crippen LogP contribution in [-0.4, -0.2) is 48.9 Å². The summed E-state index contributed by atoms with van der Waals surface area (Å²) in [6.07, 6.45) is 2.81. The Morgan fingerprint density at radius 1 is 1.22 bits per heavy atom. The van der Waals surface area contributed by atoms with Crippen LogP contribution in [0.15, 0.2) is 42.6 Å². The smallest absolute Gasteiger partial charge is 0.227 e. The van der Waals surface area contributed by atoms with Crippen LogP contribution in [0.25, 0.3) is 0 Å². The Hall–Kier alpha value is -2.14. The second kappa shape index (κ2) is 6.96. The minimum Gasteiger partial charge on any atom is -0.396 e. The van der Waals surface area contributed by atoms with Crippen molar-refractivity contribution in [2.45, 2.75) is 12.3 Å². The number of hydrogen-bond acceptors (Lipinski definition) is 5. The van der Waals surface area contributed by atoms with Crippen LogP contribution in [0.3, 0.4) is 0 Å². The molecule has 1 aliphatic heterocycles. The zero-order valence-electron chi connectivity index (χ0n) is 13.8. The predicted molar refractivity (Wildman–Crippen MR) is 92.9 cm³/mol. The molecule has 5 heteroatoms. The third kappa shape index (κ3) is 3.45. The van der Waals surface area contributed by atoms with Crippen LogP contribution in [-0.2, 0) is 0 Å². The standard InChI is InChI=1S/C18H24N4O/c1-21(2)17-8-10-19-18(20-17)22-11-9-16(15(12-22)13-23)14-6-4-3-5-7-14/h3-8,10,15-16,23H,9,11-13H2,1-2H3/t15-,16+/m1/s1. The van der Waals surface area contributed by atoms with Gasteiger partial charge in [-0.2, -0.15) is 4.98 Å². The Balaban J connectivity index is 1.77. The zero-order valence-corrected chi connectivity index (χ0v) is 13.8. The lowest BCUT2D eigenvalue weighted by Crippen LogP contribution is -2.42. The Labute approximate surface area is 137 Å². The summed E-state index contributed by atoms with van der Waals surface area (Å²) in [5, 5.41) is 9.85. The van der Waals surface area contributed by atoms with Crippen LogP contribution in [0.4, 0.5) is 11.8 Å². The van der Waals surface area contributed by atoms with E-state index in [0.29, 0.717) is 5.92 Å². The molecule has 1 aromatic carbocycles. The molecule has 0 radical (unpaired) electrons. The van der Waals surface area contributed by atoms with Gasteiger partial charge in [-0.1, -0.05) is 30.3 Å². The van der Waals surface area contributed by atoms with Crippen molar-refractivity contribution in [1.82, 2.24) is 9.97 Å². The number of rotatable bonds is 4. The van der Waals surface area contributed by atoms with Crippen molar-refractivity contribution in [1.29, 1.82) is 0 Å². The summed E-state index contributed by atoms with van der Waals surface area (Å²) in [5.41, 5.74) is 1.31. The lowest BCUT2D eigenvalue weighted by molar-refractivity contribution is 0.189. The van der Waals surface area contributed by atoms with E-state index in [-0.39, 0.29) is 12.5 Å². The van der Waals surface area contributed by atoms with Crippen molar-refractivity contribution in [2.75, 3.05) is 43.6 Å². The average molecular weight is 312 g/mol. The normalized spacial score (nSPS) is 21.3. The van der Waals surface area contributed by atoms with Gasteiger partial charge in [0.1, 0.15) is 5.82 Å². The van der Waals surface area contributed by atoms with Gasteiger partial charge in [0.25, 0.3) is 0 Å². The number of nitrogens with zero attached hydrogens (tertiary/aromatic N) is 4. The van der Waals surface area contributed by atoms with E-state index >= 15 is 0 Å². The predicted octanol–water partition coefficient (Wildman–Crippen LogP) is 2.14. The topological polar surface area (TPSA) is 52.5 Å². The van der Waals surface area contributed by atoms with E-state index in [9.17, 15) is 5.11 Å². The second-order valence-electron chi connectivity index (χ2n) is 6.30. The summed E-state index contributed by atoms with van der Waals surface area (Å²) in [6.45, 7) is 1.88. The monoisotopic (exact) mass is 312 g/mol. The first-order valence-corrected chi connectivity index (χ1v) is 8.10. The highest BCUT2D eigenvalue weighted by Gasteiger charge is 2.31. The first-order valence-electron chi connectivity index (χ1n) is 8.10. The highest BCUT2D eigenvalue weighted by Crippen LogP contribution is 2.34. The van der Waals surface area contributed by atoms with Crippen molar-refractivity contribution < 1.29 is 5.11 Å². The summed E-state index contributed by atoms with van der Waals surface area (Å²) in [5.74, 6) is 2.26. The van der Waals surface area contributed by atoms with Gasteiger partial charge in [-0.3, -0.25) is 0 Å². The summed E-state index contributed by atoms with van der Waals surface area (Å²) in [6, 6.07) is 12.4. The summed E-state index contributed by atoms with van der Waals surface area (Å²) in [7, 11) is 3.95. The summed E-state index contributed by atoms with van der Waals surface area (Å²) in [4.78, 5) is 13.2. The first-order chi connectivity index (χ1) is 11.2. The second-order valence-corrected chi connectivity index (χ2v) is 6.30. The highest BCUT2D eigenvalue weighted by atomic mass is 16.3. The number of aliphatic hydroxyl groups excluding tert-OH is 1. The molecule has 0 unspecified atom stereocenters. The van der Waals surface area contributed by atoms with Crippen LogP contribution < -0.4 is 9.80 Å². The molecule has 1 fully saturated rings. The first kappa shape index (κ1) is 15.7. The molecule has 1 aromatic heterocycles. The third-order valence-corrected chi connectivity index (χ3v) is 4.57. The average Bonchev–Trinajstić information content (AvgIpc) is 2.62. The Bertz CT molecular complexity index is 632. The zero-order chi connectivity index (χ0) is 16.2. The lowest BCUT2D eigenvalue weighted by Gasteiger charge is -2.38. The van der Waals surface area contributed by atoms with Crippen molar-refractivity contribution in [3.8, 4) is 0 Å². The van der Waals surface area contributed by atoms with Gasteiger partial charge in [-0.15, -0.1) is 0 Å². The molecule has 3 rings (SSSR count). The van der Waals surface area contributed by atoms with E-state index in [1.165, 1.54) is 5.56 Å². The molecule has 0 aliphatic carbocycles. The van der Waals surface area contributed by atoms with Crippen LogP contribution in [0.1, 0.15) is 17.9 Å². The number of hydrogen-bond donors (Lipinski definition) is 1. The van der Waals surface area contributed by atoms with Gasteiger partial charge in [0.2, 0.25) is 5.95 Å². The fourth-order valence-corrected chi connectivity index (χ4v) is 3.28. The lowest BCUT2D eigenvalue weighted by atomic mass is 9.81. The van der Waals surface area contributed by atoms with Crippen LogP contribution in [0.5, 0.6) is 0 Å². The third-order valence-electron chi connectivity index (χ3n) is 4.57. The van der Waals surface area contributed by atoms with Crippen LogP contribution in [0, 0.1) is 5.92 Å². The van der Waals surface area contributed by atoms with Gasteiger partial charge in [-0.05, 0) is 24.0 Å². The number of anilines is 2. The van der Waals surface area contributed by atoms with E-state index in [4.69, 9.17) is 0 Å². The van der Waals surface area contributed by atoms with Crippen molar-refractivity contribution in [2.24, 2.45) is 5.92 Å². The quantitative estimate of drug-likeness (QED) is 0.937. The summed E-state index contributed by atoms with van der Waals surface area (Å²) < 4.78 is 0. The Morgan fingerprint density at radius 2 is 2.00 bits per heavy atom. The van der Waals surface area contributed by atoms with Gasteiger partial charge in [0.15, 0.2) is 0 Å². The minimum absolute atomic E-state index is 0.184. The molecule has 0 spiro atoms.